The summed E-state index contributed by atoms with van der Waals surface area (Å²) >= 11 is 0. The molecule has 0 saturated heterocycles. The van der Waals surface area contributed by atoms with Crippen molar-refractivity contribution in [2.24, 2.45) is 0 Å². The van der Waals surface area contributed by atoms with Gasteiger partial charge in [-0.1, -0.05) is 12.2 Å². The fraction of sp³-hybridized carbons (Fsp3) is 0.600. The molecule has 0 heterocycles. The molecular weight excluding hydrogens is 197 g/mol. The van der Waals surface area contributed by atoms with Crippen LogP contribution in [0.3, 0.4) is 0 Å². The van der Waals surface area contributed by atoms with Gasteiger partial charge in [-0.05, 0) is 6.92 Å². The van der Waals surface area contributed by atoms with Gasteiger partial charge in [0, 0.05) is 0 Å². The van der Waals surface area contributed by atoms with Crippen LogP contribution in [0.1, 0.15) is 6.92 Å². The predicted molar refractivity (Wildman–Crippen MR) is 35.7 cm³/mol. The molecule has 0 aliphatic rings. The fourth-order valence-corrected chi connectivity index (χ4v) is 0.683. The molecule has 0 aromatic heterocycles. The lowest BCUT2D eigenvalue weighted by Gasteiger charge is -2.05. The van der Waals surface area contributed by atoms with E-state index in [-0.39, 0.29) is 0 Å². The minimum absolute atomic E-state index is 0.599. The van der Waals surface area contributed by atoms with Gasteiger partial charge in [0.1, 0.15) is 0 Å². The molecule has 0 atom stereocenters. The van der Waals surface area contributed by atoms with Crippen LogP contribution < -0.4 is 0 Å². The summed E-state index contributed by atoms with van der Waals surface area (Å²) in [5.41, 5.74) is -5.34. The number of hydrogen-bond donors (Lipinski definition) is 0. The van der Waals surface area contributed by atoms with E-state index in [4.69, 9.17) is 0 Å². The molecule has 0 bridgehead atoms. The third-order valence-electron chi connectivity index (χ3n) is 0.839. The quantitative estimate of drug-likeness (QED) is 0.397. The highest BCUT2D eigenvalue weighted by atomic mass is 32.2. The van der Waals surface area contributed by atoms with Gasteiger partial charge < -0.3 is 0 Å². The van der Waals surface area contributed by atoms with Crippen molar-refractivity contribution in [2.45, 2.75) is 12.4 Å². The number of alkyl halides is 3. The summed E-state index contributed by atoms with van der Waals surface area (Å²) in [5, 5.41) is 0. The summed E-state index contributed by atoms with van der Waals surface area (Å²) in [5.74, 6) is 0. The molecule has 0 radical (unpaired) electrons. The zero-order valence-electron chi connectivity index (χ0n) is 6.13. The Morgan fingerprint density at radius 3 is 2.25 bits per heavy atom. The number of rotatable bonds is 3. The van der Waals surface area contributed by atoms with Crippen molar-refractivity contribution < 1.29 is 25.8 Å². The molecule has 0 aromatic rings. The highest BCUT2D eigenvalue weighted by Gasteiger charge is 2.47. The van der Waals surface area contributed by atoms with Crippen LogP contribution in [0.25, 0.3) is 0 Å². The molecule has 3 nitrogen and oxygen atoms in total. The Labute approximate surface area is 68.0 Å². The van der Waals surface area contributed by atoms with E-state index in [1.54, 1.807) is 0 Å². The summed E-state index contributed by atoms with van der Waals surface area (Å²) in [7, 11) is -5.42. The molecule has 0 fully saturated rings. The van der Waals surface area contributed by atoms with Crippen molar-refractivity contribution in [3.05, 3.63) is 12.2 Å². The summed E-state index contributed by atoms with van der Waals surface area (Å²) in [4.78, 5) is 0. The maximum atomic E-state index is 11.5. The SMILES string of the molecule is C/C=C/COS(=O)(=O)C(F)(F)F. The lowest BCUT2D eigenvalue weighted by molar-refractivity contribution is -0.0535. The Kier molecular flexibility index (Phi) is 3.72. The predicted octanol–water partition coefficient (Wildman–Crippen LogP) is 1.43. The third kappa shape index (κ3) is 3.22. The zero-order valence-corrected chi connectivity index (χ0v) is 6.95. The maximum absolute atomic E-state index is 11.5. The number of hydrogen-bond acceptors (Lipinski definition) is 3. The molecular formula is C5H7F3O3S. The van der Waals surface area contributed by atoms with E-state index in [0.29, 0.717) is 0 Å². The van der Waals surface area contributed by atoms with Gasteiger partial charge in [-0.15, -0.1) is 0 Å². The average Bonchev–Trinajstić information content (AvgIpc) is 1.85. The van der Waals surface area contributed by atoms with Crippen LogP contribution in [0.2, 0.25) is 0 Å². The fourth-order valence-electron chi connectivity index (χ4n) is 0.292. The lowest BCUT2D eigenvalue weighted by Crippen LogP contribution is -2.25. The molecule has 0 saturated carbocycles. The van der Waals surface area contributed by atoms with E-state index in [1.165, 1.54) is 13.0 Å². The van der Waals surface area contributed by atoms with E-state index < -0.39 is 22.2 Å². The Morgan fingerprint density at radius 1 is 1.42 bits per heavy atom. The van der Waals surface area contributed by atoms with Gasteiger partial charge in [0.2, 0.25) is 0 Å². The Bertz CT molecular complexity index is 252. The minimum atomic E-state index is -5.42. The van der Waals surface area contributed by atoms with Crippen molar-refractivity contribution in [1.29, 1.82) is 0 Å². The van der Waals surface area contributed by atoms with Gasteiger partial charge in [0.15, 0.2) is 0 Å². The van der Waals surface area contributed by atoms with Crippen molar-refractivity contribution in [3.63, 3.8) is 0 Å². The first-order valence-electron chi connectivity index (χ1n) is 2.88. The van der Waals surface area contributed by atoms with Crippen LogP contribution >= 0.6 is 0 Å². The molecule has 72 valence electrons. The first-order chi connectivity index (χ1) is 5.31. The standard InChI is InChI=1S/C5H7F3O3S/c1-2-3-4-11-12(9,10)5(6,7)8/h2-3H,4H2,1H3/b3-2+. The Balaban J connectivity index is 4.26. The van der Waals surface area contributed by atoms with Crippen LogP contribution in [0.4, 0.5) is 13.2 Å². The Morgan fingerprint density at radius 2 is 1.92 bits per heavy atom. The molecule has 0 unspecified atom stereocenters. The zero-order chi connectivity index (χ0) is 9.83. The van der Waals surface area contributed by atoms with Crippen LogP contribution in [-0.4, -0.2) is 20.5 Å². The second-order valence-electron chi connectivity index (χ2n) is 1.75. The number of allylic oxidation sites excluding steroid dienone is 1. The second-order valence-corrected chi connectivity index (χ2v) is 3.36. The van der Waals surface area contributed by atoms with E-state index in [0.717, 1.165) is 6.08 Å². The van der Waals surface area contributed by atoms with Gasteiger partial charge in [-0.3, -0.25) is 4.18 Å². The molecule has 0 aliphatic heterocycles. The molecule has 0 aromatic carbocycles. The van der Waals surface area contributed by atoms with Crippen LogP contribution in [0.5, 0.6) is 0 Å². The van der Waals surface area contributed by atoms with Crippen molar-refractivity contribution >= 4 is 10.1 Å². The lowest BCUT2D eigenvalue weighted by atomic mass is 10.6. The van der Waals surface area contributed by atoms with E-state index in [1.807, 2.05) is 0 Å². The molecule has 0 aliphatic carbocycles. The molecule has 0 rings (SSSR count). The average molecular weight is 204 g/mol. The van der Waals surface area contributed by atoms with E-state index in [9.17, 15) is 21.6 Å². The summed E-state index contributed by atoms with van der Waals surface area (Å²) < 4.78 is 58.5. The molecule has 7 heteroatoms. The van der Waals surface area contributed by atoms with E-state index in [2.05, 4.69) is 4.18 Å². The Hall–Kier alpha value is -0.560. The third-order valence-corrected chi connectivity index (χ3v) is 1.85. The minimum Gasteiger partial charge on any atom is -0.259 e. The van der Waals surface area contributed by atoms with Crippen molar-refractivity contribution in [2.75, 3.05) is 6.61 Å². The molecule has 0 spiro atoms. The van der Waals surface area contributed by atoms with Gasteiger partial charge in [0.25, 0.3) is 0 Å². The molecule has 12 heavy (non-hydrogen) atoms. The van der Waals surface area contributed by atoms with Crippen LogP contribution in [-0.2, 0) is 14.3 Å². The topological polar surface area (TPSA) is 43.4 Å². The summed E-state index contributed by atoms with van der Waals surface area (Å²) in [6.45, 7) is 0.932. The van der Waals surface area contributed by atoms with Gasteiger partial charge >= 0.3 is 15.6 Å². The molecule has 0 N–H and O–H groups in total. The monoisotopic (exact) mass is 204 g/mol. The largest absolute Gasteiger partial charge is 0.523 e. The molecule has 0 amide bonds. The van der Waals surface area contributed by atoms with Gasteiger partial charge in [-0.2, -0.15) is 21.6 Å². The highest BCUT2D eigenvalue weighted by Crippen LogP contribution is 2.24. The first kappa shape index (κ1) is 11.4. The van der Waals surface area contributed by atoms with Crippen LogP contribution in [0, 0.1) is 0 Å². The summed E-state index contributed by atoms with van der Waals surface area (Å²) in [6, 6.07) is 0. The van der Waals surface area contributed by atoms with Crippen LogP contribution in [0.15, 0.2) is 12.2 Å². The first-order valence-corrected chi connectivity index (χ1v) is 4.29. The van der Waals surface area contributed by atoms with Gasteiger partial charge in [-0.25, -0.2) is 0 Å². The summed E-state index contributed by atoms with van der Waals surface area (Å²) in [6.07, 6.45) is 2.54. The second kappa shape index (κ2) is 3.90. The number of halogens is 3. The van der Waals surface area contributed by atoms with Crippen molar-refractivity contribution in [3.8, 4) is 0 Å². The normalized spacial score (nSPS) is 14.0. The smallest absolute Gasteiger partial charge is 0.259 e. The van der Waals surface area contributed by atoms with E-state index >= 15 is 0 Å². The maximum Gasteiger partial charge on any atom is 0.523 e. The van der Waals surface area contributed by atoms with Gasteiger partial charge in [0.05, 0.1) is 6.61 Å². The van der Waals surface area contributed by atoms with Crippen molar-refractivity contribution in [1.82, 2.24) is 0 Å². The highest BCUT2D eigenvalue weighted by molar-refractivity contribution is 7.87.